The Hall–Kier alpha value is -2.18. The molecule has 6 atom stereocenters. The number of allylic oxidation sites excluding steroid dienone is 2. The van der Waals surface area contributed by atoms with Gasteiger partial charge in [-0.15, -0.1) is 11.3 Å². The van der Waals surface area contributed by atoms with Gasteiger partial charge in [0, 0.05) is 30.0 Å². The topological polar surface area (TPSA) is 96.3 Å². The Labute approximate surface area is 236 Å². The molecule has 8 heteroatoms. The number of thiophene rings is 1. The van der Waals surface area contributed by atoms with E-state index in [1.54, 1.807) is 12.1 Å². The molecule has 2 fully saturated rings. The Bertz CT molecular complexity index is 1130. The predicted molar refractivity (Wildman–Crippen MR) is 153 cm³/mol. The molecule has 4 rings (SSSR count). The van der Waals surface area contributed by atoms with E-state index in [1.807, 2.05) is 25.7 Å². The third-order valence-corrected chi connectivity index (χ3v) is 9.31. The van der Waals surface area contributed by atoms with Crippen LogP contribution in [0.15, 0.2) is 23.8 Å². The number of carbonyl (C=O) groups is 2. The molecule has 39 heavy (non-hydrogen) atoms. The van der Waals surface area contributed by atoms with E-state index in [4.69, 9.17) is 9.47 Å². The lowest BCUT2D eigenvalue weighted by Crippen LogP contribution is -2.55. The first-order valence-electron chi connectivity index (χ1n) is 14.1. The van der Waals surface area contributed by atoms with Gasteiger partial charge < -0.3 is 19.7 Å². The highest BCUT2D eigenvalue weighted by atomic mass is 32.1. The highest BCUT2D eigenvalue weighted by molar-refractivity contribution is 7.17. The normalized spacial score (nSPS) is 31.2. The van der Waals surface area contributed by atoms with E-state index in [0.717, 1.165) is 17.8 Å². The van der Waals surface area contributed by atoms with Crippen LogP contribution in [0.3, 0.4) is 0 Å². The van der Waals surface area contributed by atoms with Gasteiger partial charge in [0.15, 0.2) is 0 Å². The van der Waals surface area contributed by atoms with Crippen LogP contribution in [0.25, 0.3) is 0 Å². The van der Waals surface area contributed by atoms with Crippen molar-refractivity contribution in [3.05, 3.63) is 28.7 Å². The van der Waals surface area contributed by atoms with Crippen LogP contribution in [-0.2, 0) is 14.3 Å². The van der Waals surface area contributed by atoms with Crippen LogP contribution in [0.4, 0.5) is 5.00 Å². The summed E-state index contributed by atoms with van der Waals surface area (Å²) in [6.07, 6.45) is 5.93. The molecule has 0 radical (unpaired) electrons. The first-order valence-corrected chi connectivity index (χ1v) is 14.9. The van der Waals surface area contributed by atoms with Crippen LogP contribution in [0.5, 0.6) is 0 Å². The summed E-state index contributed by atoms with van der Waals surface area (Å²) in [5.41, 5.74) is -0.213. The summed E-state index contributed by atoms with van der Waals surface area (Å²) in [6.45, 7) is 11.6. The zero-order valence-electron chi connectivity index (χ0n) is 23.9. The highest BCUT2D eigenvalue weighted by Crippen LogP contribution is 2.43. The number of anilines is 1. The van der Waals surface area contributed by atoms with Crippen molar-refractivity contribution in [3.8, 4) is 12.0 Å². The van der Waals surface area contributed by atoms with Crippen molar-refractivity contribution in [2.75, 3.05) is 24.7 Å². The first kappa shape index (κ1) is 29.8. The highest BCUT2D eigenvalue weighted by Gasteiger charge is 2.50. The maximum absolute atomic E-state index is 14.2. The van der Waals surface area contributed by atoms with E-state index in [0.29, 0.717) is 38.9 Å². The number of ketones is 1. The number of carboxylic acid groups (broad SMARTS) is 1. The van der Waals surface area contributed by atoms with Gasteiger partial charge in [-0.25, -0.2) is 4.79 Å². The molecule has 5 unspecified atom stereocenters. The Morgan fingerprint density at radius 1 is 1.28 bits per heavy atom. The van der Waals surface area contributed by atoms with Gasteiger partial charge in [-0.2, -0.15) is 0 Å². The fraction of sp³-hybridized carbons (Fsp3) is 0.677. The van der Waals surface area contributed by atoms with Crippen LogP contribution in [0.1, 0.15) is 82.8 Å². The maximum Gasteiger partial charge on any atom is 0.345 e. The molecule has 1 aliphatic heterocycles. The molecule has 214 valence electrons. The number of ether oxygens (including phenoxy) is 2. The summed E-state index contributed by atoms with van der Waals surface area (Å²) in [7, 11) is 0. The number of hydrogen-bond acceptors (Lipinski definition) is 7. The van der Waals surface area contributed by atoms with Gasteiger partial charge in [-0.3, -0.25) is 9.69 Å². The van der Waals surface area contributed by atoms with E-state index in [2.05, 4.69) is 31.9 Å². The second-order valence-corrected chi connectivity index (χ2v) is 13.7. The number of aromatic carboxylic acids is 1. The van der Waals surface area contributed by atoms with Crippen molar-refractivity contribution in [3.63, 3.8) is 0 Å². The number of rotatable bonds is 8. The van der Waals surface area contributed by atoms with Gasteiger partial charge in [0.25, 0.3) is 0 Å². The zero-order valence-corrected chi connectivity index (χ0v) is 24.7. The summed E-state index contributed by atoms with van der Waals surface area (Å²) in [4.78, 5) is 28.0. The van der Waals surface area contributed by atoms with Gasteiger partial charge in [0.05, 0.1) is 30.8 Å². The Morgan fingerprint density at radius 3 is 2.67 bits per heavy atom. The molecule has 0 bridgehead atoms. The molecule has 2 aliphatic carbocycles. The van der Waals surface area contributed by atoms with Gasteiger partial charge in [-0.05, 0) is 84.3 Å². The third-order valence-electron chi connectivity index (χ3n) is 8.24. The minimum absolute atomic E-state index is 0.0589. The van der Waals surface area contributed by atoms with Crippen molar-refractivity contribution in [2.24, 2.45) is 23.2 Å². The summed E-state index contributed by atoms with van der Waals surface area (Å²) in [5, 5.41) is 22.3. The molecule has 0 spiro atoms. The fourth-order valence-electron chi connectivity index (χ4n) is 5.97. The SMILES string of the molecule is CC1=CC[C@@H](C(=O)C2CC(N(C#CC(C)(C)C)c3ccc(C(=O)O)s3)CCC2(O)COC2CCOC2)C(C)C1. The quantitative estimate of drug-likeness (QED) is 0.247. The molecule has 2 heterocycles. The van der Waals surface area contributed by atoms with E-state index >= 15 is 0 Å². The molecule has 1 aromatic heterocycles. The second kappa shape index (κ2) is 12.1. The molecule has 7 nitrogen and oxygen atoms in total. The molecular weight excluding hydrogens is 514 g/mol. The standard InChI is InChI=1S/C31H43NO6S/c1-20-6-7-24(21(2)16-20)28(33)25-17-22(10-12-31(25,36)19-38-23-11-15-37-18-23)32(14-13-30(3,4)5)27-9-8-26(39-27)29(34)35/h6,8-9,21-25,36H,7,10-12,15-19H2,1-5H3,(H,34,35)/t21?,22?,23?,24-,25?,31?/m1/s1. The first-order chi connectivity index (χ1) is 18.4. The van der Waals surface area contributed by atoms with Gasteiger partial charge in [0.1, 0.15) is 15.7 Å². The summed E-state index contributed by atoms with van der Waals surface area (Å²) >= 11 is 1.19. The van der Waals surface area contributed by atoms with Crippen LogP contribution >= 0.6 is 11.3 Å². The Kier molecular flexibility index (Phi) is 9.27. The van der Waals surface area contributed by atoms with E-state index in [1.165, 1.54) is 16.9 Å². The monoisotopic (exact) mass is 557 g/mol. The molecular formula is C31H43NO6S. The zero-order chi connectivity index (χ0) is 28.4. The third kappa shape index (κ3) is 7.32. The number of aliphatic hydroxyl groups is 1. The number of Topliss-reactive ketones (excluding diaryl/α,β-unsaturated/α-hetero) is 1. The van der Waals surface area contributed by atoms with Crippen molar-refractivity contribution < 1.29 is 29.3 Å². The average molecular weight is 558 g/mol. The number of carboxylic acids is 1. The lowest BCUT2D eigenvalue weighted by molar-refractivity contribution is -0.155. The summed E-state index contributed by atoms with van der Waals surface area (Å²) < 4.78 is 11.6. The molecule has 1 saturated heterocycles. The number of hydrogen-bond donors (Lipinski definition) is 2. The molecule has 1 aromatic rings. The summed E-state index contributed by atoms with van der Waals surface area (Å²) in [5.74, 6) is 1.90. The molecule has 2 N–H and O–H groups in total. The maximum atomic E-state index is 14.2. The van der Waals surface area contributed by atoms with Crippen LogP contribution < -0.4 is 4.90 Å². The molecule has 0 amide bonds. The lowest BCUT2D eigenvalue weighted by atomic mass is 9.66. The second-order valence-electron chi connectivity index (χ2n) is 12.7. The van der Waals surface area contributed by atoms with Crippen LogP contribution in [0.2, 0.25) is 0 Å². The number of nitrogens with zero attached hydrogens (tertiary/aromatic N) is 1. The van der Waals surface area contributed by atoms with Gasteiger partial charge >= 0.3 is 5.97 Å². The number of carbonyl (C=O) groups excluding carboxylic acids is 1. The molecule has 3 aliphatic rings. The van der Waals surface area contributed by atoms with Crippen molar-refractivity contribution in [1.29, 1.82) is 0 Å². The van der Waals surface area contributed by atoms with Crippen molar-refractivity contribution in [1.82, 2.24) is 0 Å². The predicted octanol–water partition coefficient (Wildman–Crippen LogP) is 5.53. The van der Waals surface area contributed by atoms with Gasteiger partial charge in [0.2, 0.25) is 0 Å². The van der Waals surface area contributed by atoms with Crippen molar-refractivity contribution >= 4 is 28.1 Å². The smallest absolute Gasteiger partial charge is 0.345 e. The Balaban J connectivity index is 1.64. The van der Waals surface area contributed by atoms with Crippen molar-refractivity contribution in [2.45, 2.75) is 90.9 Å². The van der Waals surface area contributed by atoms with E-state index in [-0.39, 0.29) is 46.7 Å². The minimum atomic E-state index is -1.27. The largest absolute Gasteiger partial charge is 0.477 e. The minimum Gasteiger partial charge on any atom is -0.477 e. The van der Waals surface area contributed by atoms with E-state index in [9.17, 15) is 19.8 Å². The average Bonchev–Trinajstić information content (AvgIpc) is 3.56. The molecule has 0 aromatic carbocycles. The van der Waals surface area contributed by atoms with Gasteiger partial charge in [-0.1, -0.05) is 24.5 Å². The Morgan fingerprint density at radius 2 is 2.05 bits per heavy atom. The van der Waals surface area contributed by atoms with E-state index < -0.39 is 17.5 Å². The van der Waals surface area contributed by atoms with Crippen LogP contribution in [-0.4, -0.2) is 59.5 Å². The lowest BCUT2D eigenvalue weighted by Gasteiger charge is -2.46. The fourth-order valence-corrected chi connectivity index (χ4v) is 6.85. The van der Waals surface area contributed by atoms with Crippen LogP contribution in [0, 0.1) is 35.1 Å². The summed E-state index contributed by atoms with van der Waals surface area (Å²) in [6, 6.07) is 6.57. The molecule has 1 saturated carbocycles.